The molecule has 0 aliphatic carbocycles. The van der Waals surface area contributed by atoms with Crippen LogP contribution in [0, 0.1) is 0 Å². The van der Waals surface area contributed by atoms with Gasteiger partial charge in [0.1, 0.15) is 0 Å². The van der Waals surface area contributed by atoms with Crippen molar-refractivity contribution < 1.29 is 9.90 Å². The molecule has 0 aromatic heterocycles. The maximum atomic E-state index is 12.2. The monoisotopic (exact) mass is 276 g/mol. The zero-order valence-corrected chi connectivity index (χ0v) is 12.3. The fraction of sp³-hybridized carbons (Fsp3) is 0.562. The lowest BCUT2D eigenvalue weighted by Crippen LogP contribution is -2.47. The van der Waals surface area contributed by atoms with E-state index in [9.17, 15) is 9.90 Å². The summed E-state index contributed by atoms with van der Waals surface area (Å²) in [6.45, 7) is 5.60. The van der Waals surface area contributed by atoms with E-state index in [2.05, 4.69) is 17.1 Å². The fourth-order valence-corrected chi connectivity index (χ4v) is 2.51. The largest absolute Gasteiger partial charge is 0.393 e. The number of aliphatic hydroxyl groups excluding tert-OH is 1. The van der Waals surface area contributed by atoms with Crippen LogP contribution in [0.15, 0.2) is 24.3 Å². The summed E-state index contributed by atoms with van der Waals surface area (Å²) in [6.07, 6.45) is 2.30. The molecule has 1 aromatic carbocycles. The van der Waals surface area contributed by atoms with Crippen LogP contribution < -0.4 is 5.32 Å². The number of carbonyl (C=O) groups is 1. The van der Waals surface area contributed by atoms with Gasteiger partial charge < -0.3 is 10.4 Å². The van der Waals surface area contributed by atoms with Crippen LogP contribution in [-0.2, 0) is 11.2 Å². The van der Waals surface area contributed by atoms with E-state index in [-0.39, 0.29) is 18.1 Å². The Labute approximate surface area is 120 Å². The van der Waals surface area contributed by atoms with Crippen LogP contribution in [0.3, 0.4) is 0 Å². The second kappa shape index (κ2) is 6.86. The quantitative estimate of drug-likeness (QED) is 0.885. The summed E-state index contributed by atoms with van der Waals surface area (Å²) >= 11 is 0. The molecule has 110 valence electrons. The molecule has 1 aromatic rings. The maximum Gasteiger partial charge on any atom is 0.241 e. The van der Waals surface area contributed by atoms with Crippen molar-refractivity contribution >= 4 is 11.6 Å². The molecule has 1 amide bonds. The van der Waals surface area contributed by atoms with E-state index in [4.69, 9.17) is 0 Å². The number of likely N-dealkylation sites (tertiary alicyclic amines) is 1. The highest BCUT2D eigenvalue weighted by atomic mass is 16.3. The first-order chi connectivity index (χ1) is 9.60. The van der Waals surface area contributed by atoms with Gasteiger partial charge in [0.05, 0.1) is 12.1 Å². The van der Waals surface area contributed by atoms with Gasteiger partial charge in [-0.2, -0.15) is 0 Å². The Morgan fingerprint density at radius 2 is 1.95 bits per heavy atom. The number of nitrogens with one attached hydrogen (secondary N) is 1. The van der Waals surface area contributed by atoms with Crippen molar-refractivity contribution in [1.82, 2.24) is 4.90 Å². The molecule has 20 heavy (non-hydrogen) atoms. The van der Waals surface area contributed by atoms with Crippen molar-refractivity contribution in [3.8, 4) is 0 Å². The number of aryl methyl sites for hydroxylation is 1. The van der Waals surface area contributed by atoms with Gasteiger partial charge in [-0.1, -0.05) is 19.1 Å². The van der Waals surface area contributed by atoms with Crippen LogP contribution in [0.5, 0.6) is 0 Å². The van der Waals surface area contributed by atoms with E-state index in [0.29, 0.717) is 0 Å². The molecule has 0 bridgehead atoms. The highest BCUT2D eigenvalue weighted by Crippen LogP contribution is 2.15. The number of nitrogens with zero attached hydrogens (tertiary/aromatic N) is 1. The first-order valence-corrected chi connectivity index (χ1v) is 7.42. The molecule has 0 saturated carbocycles. The van der Waals surface area contributed by atoms with Crippen molar-refractivity contribution in [3.63, 3.8) is 0 Å². The number of hydrogen-bond acceptors (Lipinski definition) is 3. The first kappa shape index (κ1) is 15.0. The minimum absolute atomic E-state index is 0.0191. The van der Waals surface area contributed by atoms with Gasteiger partial charge in [0.2, 0.25) is 5.91 Å². The van der Waals surface area contributed by atoms with Gasteiger partial charge >= 0.3 is 0 Å². The molecule has 1 saturated heterocycles. The Balaban J connectivity index is 1.89. The van der Waals surface area contributed by atoms with Gasteiger partial charge in [-0.15, -0.1) is 0 Å². The Morgan fingerprint density at radius 3 is 2.50 bits per heavy atom. The number of aliphatic hydroxyl groups is 1. The predicted molar refractivity (Wildman–Crippen MR) is 80.7 cm³/mol. The third kappa shape index (κ3) is 3.81. The molecular weight excluding hydrogens is 252 g/mol. The minimum atomic E-state index is -0.205. The van der Waals surface area contributed by atoms with Crippen molar-refractivity contribution in [3.05, 3.63) is 29.8 Å². The second-order valence-electron chi connectivity index (χ2n) is 5.48. The molecule has 1 unspecified atom stereocenters. The lowest BCUT2D eigenvalue weighted by Gasteiger charge is -2.33. The molecule has 2 N–H and O–H groups in total. The molecule has 1 atom stereocenters. The van der Waals surface area contributed by atoms with Crippen molar-refractivity contribution in [2.45, 2.75) is 45.3 Å². The summed E-state index contributed by atoms with van der Waals surface area (Å²) in [5, 5.41) is 12.5. The third-order valence-corrected chi connectivity index (χ3v) is 4.06. The van der Waals surface area contributed by atoms with Crippen molar-refractivity contribution in [2.24, 2.45) is 0 Å². The molecule has 0 spiro atoms. The number of piperidine rings is 1. The highest BCUT2D eigenvalue weighted by molar-refractivity contribution is 5.94. The molecular formula is C16H24N2O2. The second-order valence-corrected chi connectivity index (χ2v) is 5.48. The lowest BCUT2D eigenvalue weighted by molar-refractivity contribution is -0.121. The molecule has 1 fully saturated rings. The van der Waals surface area contributed by atoms with Crippen molar-refractivity contribution in [1.29, 1.82) is 0 Å². The molecule has 0 radical (unpaired) electrons. The van der Waals surface area contributed by atoms with E-state index in [1.807, 2.05) is 31.2 Å². The number of hydrogen-bond donors (Lipinski definition) is 2. The van der Waals surface area contributed by atoms with Crippen LogP contribution in [0.25, 0.3) is 0 Å². The number of carbonyl (C=O) groups excluding carboxylic acids is 1. The van der Waals surface area contributed by atoms with E-state index in [0.717, 1.165) is 38.0 Å². The molecule has 1 aliphatic heterocycles. The van der Waals surface area contributed by atoms with Crippen LogP contribution in [0.2, 0.25) is 0 Å². The molecule has 1 heterocycles. The Hall–Kier alpha value is -1.39. The van der Waals surface area contributed by atoms with E-state index in [1.165, 1.54) is 5.56 Å². The van der Waals surface area contributed by atoms with Gasteiger partial charge in [-0.25, -0.2) is 0 Å². The van der Waals surface area contributed by atoms with Gasteiger partial charge in [0, 0.05) is 18.8 Å². The minimum Gasteiger partial charge on any atom is -0.393 e. The lowest BCUT2D eigenvalue weighted by atomic mass is 10.1. The Morgan fingerprint density at radius 1 is 1.35 bits per heavy atom. The smallest absolute Gasteiger partial charge is 0.241 e. The van der Waals surface area contributed by atoms with Crippen LogP contribution in [0.1, 0.15) is 32.3 Å². The molecule has 4 heteroatoms. The van der Waals surface area contributed by atoms with Crippen molar-refractivity contribution in [2.75, 3.05) is 18.4 Å². The number of anilines is 1. The molecule has 1 aliphatic rings. The Kier molecular flexibility index (Phi) is 5.15. The zero-order valence-electron chi connectivity index (χ0n) is 12.3. The van der Waals surface area contributed by atoms with Crippen LogP contribution >= 0.6 is 0 Å². The topological polar surface area (TPSA) is 52.6 Å². The fourth-order valence-electron chi connectivity index (χ4n) is 2.51. The van der Waals surface area contributed by atoms with Crippen LogP contribution in [0.4, 0.5) is 5.69 Å². The standard InChI is InChI=1S/C16H24N2O2/c1-3-13-4-6-14(7-5-13)17-16(20)12(2)18-10-8-15(19)9-11-18/h4-7,12,15,19H,3,8-11H2,1-2H3,(H,17,20). The summed E-state index contributed by atoms with van der Waals surface area (Å²) in [5.74, 6) is 0.0191. The summed E-state index contributed by atoms with van der Waals surface area (Å²) in [5.41, 5.74) is 2.11. The van der Waals surface area contributed by atoms with Gasteiger partial charge in [0.15, 0.2) is 0 Å². The van der Waals surface area contributed by atoms with E-state index < -0.39 is 0 Å². The summed E-state index contributed by atoms with van der Waals surface area (Å²) in [7, 11) is 0. The summed E-state index contributed by atoms with van der Waals surface area (Å²) in [6, 6.07) is 7.82. The van der Waals surface area contributed by atoms with Crippen LogP contribution in [-0.4, -0.2) is 41.1 Å². The summed E-state index contributed by atoms with van der Waals surface area (Å²) < 4.78 is 0. The van der Waals surface area contributed by atoms with E-state index in [1.54, 1.807) is 0 Å². The third-order valence-electron chi connectivity index (χ3n) is 4.06. The van der Waals surface area contributed by atoms with Gasteiger partial charge in [-0.3, -0.25) is 9.69 Å². The Bertz CT molecular complexity index is 436. The number of rotatable bonds is 4. The zero-order chi connectivity index (χ0) is 14.5. The summed E-state index contributed by atoms with van der Waals surface area (Å²) in [4.78, 5) is 14.4. The van der Waals surface area contributed by atoms with Gasteiger partial charge in [-0.05, 0) is 43.9 Å². The average Bonchev–Trinajstić information content (AvgIpc) is 2.48. The number of amides is 1. The normalized spacial score (nSPS) is 18.8. The average molecular weight is 276 g/mol. The maximum absolute atomic E-state index is 12.2. The first-order valence-electron chi connectivity index (χ1n) is 7.42. The molecule has 4 nitrogen and oxygen atoms in total. The van der Waals surface area contributed by atoms with E-state index >= 15 is 0 Å². The molecule has 2 rings (SSSR count). The number of benzene rings is 1. The predicted octanol–water partition coefficient (Wildman–Crippen LogP) is 2.03. The highest BCUT2D eigenvalue weighted by Gasteiger charge is 2.25. The van der Waals surface area contributed by atoms with Gasteiger partial charge in [0.25, 0.3) is 0 Å². The SMILES string of the molecule is CCc1ccc(NC(=O)C(C)N2CCC(O)CC2)cc1.